The fourth-order valence-corrected chi connectivity index (χ4v) is 12.8. The molecule has 0 saturated carbocycles. The molecule has 20 nitrogen and oxygen atoms in total. The topological polar surface area (TPSA) is 271 Å². The minimum absolute atomic E-state index is 0.0388. The molecule has 2 aromatic heterocycles. The van der Waals surface area contributed by atoms with E-state index in [0.29, 0.717) is 68.9 Å². The maximum atomic E-state index is 12.9. The summed E-state index contributed by atoms with van der Waals surface area (Å²) in [5, 5.41) is 44.8. The zero-order chi connectivity index (χ0) is 56.8. The van der Waals surface area contributed by atoms with Crippen LogP contribution in [-0.4, -0.2) is 94.1 Å². The standard InChI is InChI=1S/C54H64Cl4N10O10S2/c55-35-27-45-43(47(57)29-35)17-20-50(45)77-39-9-13-41(14-10-39)79(73,74)61-23-5-1-3-7-25-67-33-37(63-65-67)31-59-52(70)22-19-49(69)53(71)54(72)60-32-38-34-68(66-64-38)26-8-4-2-6-24-62-80(75,76)42-15-11-40(12-16-42)78-51-21-18-44-46(51)28-36(56)30-48(44)58/h9-16,27-30,33-34,49-51,53,61-62,69,71H,1-8,17-26,31-32H2,(H,59,70)(H,60,72)/t49-,50-,51-,53+/m1/s1. The molecule has 0 spiro atoms. The van der Waals surface area contributed by atoms with Gasteiger partial charge in [-0.05, 0) is 153 Å². The highest BCUT2D eigenvalue weighted by Crippen LogP contribution is 2.42. The second-order valence-corrected chi connectivity index (χ2v) is 25.0. The highest BCUT2D eigenvalue weighted by atomic mass is 35.5. The Kier molecular flexibility index (Phi) is 21.6. The molecule has 26 heteroatoms. The first-order valence-electron chi connectivity index (χ1n) is 26.6. The smallest absolute Gasteiger partial charge is 0.251 e. The molecular weight excluding hydrogens is 1150 g/mol. The number of carbonyl (C=O) groups is 2. The minimum atomic E-state index is -3.71. The Morgan fingerprint density at radius 1 is 0.613 bits per heavy atom. The maximum absolute atomic E-state index is 12.9. The number of nitrogens with one attached hydrogen (secondary N) is 4. The number of aryl methyl sites for hydroxylation is 2. The van der Waals surface area contributed by atoms with Gasteiger partial charge in [-0.2, -0.15) is 0 Å². The van der Waals surface area contributed by atoms with E-state index in [1.807, 2.05) is 12.1 Å². The number of carbonyl (C=O) groups excluding carboxylic acids is 2. The number of ether oxygens (including phenoxy) is 2. The minimum Gasteiger partial charge on any atom is -0.486 e. The predicted molar refractivity (Wildman–Crippen MR) is 301 cm³/mol. The van der Waals surface area contributed by atoms with Crippen molar-refractivity contribution in [3.63, 3.8) is 0 Å². The molecule has 2 aliphatic rings. The number of aliphatic hydroxyl groups excluding tert-OH is 2. The highest BCUT2D eigenvalue weighted by Gasteiger charge is 2.29. The summed E-state index contributed by atoms with van der Waals surface area (Å²) in [6, 6.07) is 19.8. The first-order chi connectivity index (χ1) is 38.4. The number of halogens is 4. The number of sulfonamides is 2. The van der Waals surface area contributed by atoms with Crippen molar-refractivity contribution in [2.75, 3.05) is 13.1 Å². The zero-order valence-corrected chi connectivity index (χ0v) is 48.4. The number of aliphatic hydroxyl groups is 2. The Balaban J connectivity index is 0.622. The van der Waals surface area contributed by atoms with Gasteiger partial charge in [0.2, 0.25) is 26.0 Å². The summed E-state index contributed by atoms with van der Waals surface area (Å²) in [5.74, 6) is -0.140. The van der Waals surface area contributed by atoms with Crippen LogP contribution in [0.5, 0.6) is 11.5 Å². The second-order valence-electron chi connectivity index (χ2n) is 19.8. The number of amides is 2. The van der Waals surface area contributed by atoms with Crippen LogP contribution in [0.3, 0.4) is 0 Å². The molecule has 2 amide bonds. The van der Waals surface area contributed by atoms with Crippen LogP contribution in [0.25, 0.3) is 0 Å². The molecule has 0 unspecified atom stereocenters. The van der Waals surface area contributed by atoms with Crippen LogP contribution >= 0.6 is 46.4 Å². The Hall–Kier alpha value is -5.40. The van der Waals surface area contributed by atoms with E-state index < -0.39 is 44.1 Å². The summed E-state index contributed by atoms with van der Waals surface area (Å²) in [6.07, 6.45) is 8.43. The molecule has 0 radical (unpaired) electrons. The SMILES string of the molecule is O=C(CC[C@@H](O)[C@H](O)C(=O)NCc1cn(CCCCCCNS(=O)(=O)c2ccc(O[C@@H]3CCc4c(Cl)cc(Cl)cc43)cc2)nn1)NCc1cn(CCCCCCNS(=O)(=O)c2ccc(O[C@@H]3CCc4c(Cl)cc(Cl)cc43)cc2)nn1. The monoisotopic (exact) mass is 1220 g/mol. The van der Waals surface area contributed by atoms with Gasteiger partial charge in [-0.1, -0.05) is 82.5 Å². The lowest BCUT2D eigenvalue weighted by Gasteiger charge is -2.16. The lowest BCUT2D eigenvalue weighted by molar-refractivity contribution is -0.136. The first-order valence-corrected chi connectivity index (χ1v) is 31.1. The van der Waals surface area contributed by atoms with E-state index in [2.05, 4.69) is 40.7 Å². The fourth-order valence-electron chi connectivity index (χ4n) is 9.49. The summed E-state index contributed by atoms with van der Waals surface area (Å²) in [6.45, 7) is 1.75. The number of fused-ring (bicyclic) bond motifs is 2. The summed E-state index contributed by atoms with van der Waals surface area (Å²) < 4.78 is 72.6. The van der Waals surface area contributed by atoms with Crippen molar-refractivity contribution in [1.82, 2.24) is 50.1 Å². The fraction of sp³-hybridized carbons (Fsp3) is 0.444. The molecule has 4 aromatic carbocycles. The molecule has 8 rings (SSSR count). The van der Waals surface area contributed by atoms with Crippen molar-refractivity contribution in [2.45, 2.75) is 150 Å². The van der Waals surface area contributed by atoms with Gasteiger partial charge in [0.25, 0.3) is 5.91 Å². The number of nitrogens with zero attached hydrogens (tertiary/aromatic N) is 6. The lowest BCUT2D eigenvalue weighted by atomic mass is 10.1. The van der Waals surface area contributed by atoms with Crippen molar-refractivity contribution in [3.8, 4) is 11.5 Å². The first kappa shape index (κ1) is 60.7. The molecule has 0 aliphatic heterocycles. The lowest BCUT2D eigenvalue weighted by Crippen LogP contribution is -2.42. The number of hydrogen-bond acceptors (Lipinski definition) is 14. The molecule has 430 valence electrons. The molecule has 0 bridgehead atoms. The van der Waals surface area contributed by atoms with Crippen molar-refractivity contribution in [3.05, 3.63) is 139 Å². The van der Waals surface area contributed by atoms with E-state index in [4.69, 9.17) is 55.9 Å². The molecule has 4 atom stereocenters. The van der Waals surface area contributed by atoms with Gasteiger partial charge in [0, 0.05) is 52.7 Å². The van der Waals surface area contributed by atoms with Gasteiger partial charge >= 0.3 is 0 Å². The van der Waals surface area contributed by atoms with Crippen LogP contribution in [-0.2, 0) is 68.7 Å². The highest BCUT2D eigenvalue weighted by molar-refractivity contribution is 7.89. The Labute approximate surface area is 485 Å². The number of hydrogen-bond donors (Lipinski definition) is 6. The number of benzene rings is 4. The van der Waals surface area contributed by atoms with Gasteiger partial charge in [-0.15, -0.1) is 10.2 Å². The summed E-state index contributed by atoms with van der Waals surface area (Å²) in [4.78, 5) is 25.4. The summed E-state index contributed by atoms with van der Waals surface area (Å²) in [7, 11) is -7.41. The van der Waals surface area contributed by atoms with Crippen molar-refractivity contribution in [2.24, 2.45) is 0 Å². The van der Waals surface area contributed by atoms with E-state index in [1.165, 1.54) is 24.3 Å². The normalized spacial score (nSPS) is 15.8. The van der Waals surface area contributed by atoms with Gasteiger partial charge in [0.05, 0.1) is 41.4 Å². The molecule has 6 N–H and O–H groups in total. The van der Waals surface area contributed by atoms with Crippen molar-refractivity contribution < 1.29 is 46.1 Å². The summed E-state index contributed by atoms with van der Waals surface area (Å²) >= 11 is 25.1. The number of aromatic nitrogens is 6. The van der Waals surface area contributed by atoms with E-state index in [0.717, 1.165) is 86.5 Å². The van der Waals surface area contributed by atoms with Gasteiger partial charge < -0.3 is 30.3 Å². The predicted octanol–water partition coefficient (Wildman–Crippen LogP) is 8.13. The quantitative estimate of drug-likeness (QED) is 0.0224. The largest absolute Gasteiger partial charge is 0.486 e. The Bertz CT molecular complexity index is 3300. The van der Waals surface area contributed by atoms with Gasteiger partial charge in [-0.25, -0.2) is 26.3 Å². The number of unbranched alkanes of at least 4 members (excludes halogenated alkanes) is 6. The van der Waals surface area contributed by atoms with Crippen LogP contribution in [0.4, 0.5) is 0 Å². The molecule has 2 heterocycles. The molecule has 80 heavy (non-hydrogen) atoms. The van der Waals surface area contributed by atoms with Gasteiger partial charge in [-0.3, -0.25) is 19.0 Å². The zero-order valence-electron chi connectivity index (χ0n) is 43.7. The average Bonchev–Trinajstić information content (AvgIpc) is 4.28. The third kappa shape index (κ3) is 17.1. The maximum Gasteiger partial charge on any atom is 0.251 e. The van der Waals surface area contributed by atoms with Gasteiger partial charge in [0.15, 0.2) is 6.10 Å². The van der Waals surface area contributed by atoms with Crippen LogP contribution in [0, 0.1) is 0 Å². The van der Waals surface area contributed by atoms with Crippen LogP contribution in [0.15, 0.2) is 95.0 Å². The van der Waals surface area contributed by atoms with Crippen LogP contribution < -0.4 is 29.6 Å². The third-order valence-corrected chi connectivity index (χ3v) is 17.9. The summed E-state index contributed by atoms with van der Waals surface area (Å²) in [5.41, 5.74) is 4.90. The van der Waals surface area contributed by atoms with Crippen LogP contribution in [0.1, 0.15) is 123 Å². The molecular formula is C54H64Cl4N10O10S2. The van der Waals surface area contributed by atoms with Gasteiger partial charge in [0.1, 0.15) is 35.1 Å². The van der Waals surface area contributed by atoms with E-state index >= 15 is 0 Å². The third-order valence-electron chi connectivity index (χ3n) is 13.8. The van der Waals surface area contributed by atoms with Crippen molar-refractivity contribution >= 4 is 78.3 Å². The molecule has 2 aliphatic carbocycles. The van der Waals surface area contributed by atoms with Crippen molar-refractivity contribution in [1.29, 1.82) is 0 Å². The second kappa shape index (κ2) is 28.5. The molecule has 6 aromatic rings. The molecule has 0 saturated heterocycles. The Morgan fingerprint density at radius 3 is 1.51 bits per heavy atom. The average molecular weight is 1220 g/mol. The Morgan fingerprint density at radius 2 is 1.05 bits per heavy atom. The number of rotatable bonds is 31. The van der Waals surface area contributed by atoms with Crippen LogP contribution in [0.2, 0.25) is 20.1 Å². The van der Waals surface area contributed by atoms with E-state index in [9.17, 15) is 36.6 Å². The van der Waals surface area contributed by atoms with E-state index in [-0.39, 0.29) is 61.0 Å². The van der Waals surface area contributed by atoms with E-state index in [1.54, 1.807) is 58.2 Å². The molecule has 0 fully saturated rings.